The Balaban J connectivity index is 2.10. The third-order valence-corrected chi connectivity index (χ3v) is 3.77. The van der Waals surface area contributed by atoms with Crippen LogP contribution in [0.25, 0.3) is 0 Å². The van der Waals surface area contributed by atoms with Crippen molar-refractivity contribution in [2.75, 3.05) is 26.8 Å². The smallest absolute Gasteiger partial charge is 0.257 e. The zero-order valence-electron chi connectivity index (χ0n) is 11.9. The van der Waals surface area contributed by atoms with Gasteiger partial charge in [-0.25, -0.2) is 0 Å². The predicted molar refractivity (Wildman–Crippen MR) is 74.8 cm³/mol. The van der Waals surface area contributed by atoms with E-state index in [9.17, 15) is 15.0 Å². The van der Waals surface area contributed by atoms with E-state index in [-0.39, 0.29) is 23.8 Å². The van der Waals surface area contributed by atoms with Gasteiger partial charge in [0.15, 0.2) is 0 Å². The van der Waals surface area contributed by atoms with Crippen LogP contribution in [-0.2, 0) is 4.74 Å². The molecule has 0 atom stereocenters. The van der Waals surface area contributed by atoms with Gasteiger partial charge in [0.2, 0.25) is 0 Å². The number of aromatic hydroxyl groups is 1. The molecule has 5 nitrogen and oxygen atoms in total. The van der Waals surface area contributed by atoms with Crippen LogP contribution in [0.1, 0.15) is 28.8 Å². The summed E-state index contributed by atoms with van der Waals surface area (Å²) in [5, 5.41) is 20.4. The number of ether oxygens (including phenoxy) is 1. The molecule has 5 heteroatoms. The number of amides is 1. The van der Waals surface area contributed by atoms with Crippen LogP contribution in [0.2, 0.25) is 0 Å². The fourth-order valence-electron chi connectivity index (χ4n) is 2.46. The number of benzene rings is 1. The molecule has 1 aromatic carbocycles. The van der Waals surface area contributed by atoms with Crippen LogP contribution in [0.5, 0.6) is 5.75 Å². The summed E-state index contributed by atoms with van der Waals surface area (Å²) < 4.78 is 5.22. The standard InChI is InChI=1S/C15H21NO4/c1-11-4-3-5-12(13(11)17)14(18)16(2)10-15(19)6-8-20-9-7-15/h3-5,17,19H,6-10H2,1-2H3. The van der Waals surface area contributed by atoms with Gasteiger partial charge in [0.05, 0.1) is 11.2 Å². The normalized spacial score (nSPS) is 17.8. The van der Waals surface area contributed by atoms with Gasteiger partial charge in [0, 0.05) is 39.6 Å². The SMILES string of the molecule is Cc1cccc(C(=O)N(C)CC2(O)CCOCC2)c1O. The number of hydrogen-bond donors (Lipinski definition) is 2. The first-order valence-electron chi connectivity index (χ1n) is 6.77. The van der Waals surface area contributed by atoms with Crippen molar-refractivity contribution < 1.29 is 19.7 Å². The molecule has 0 unspecified atom stereocenters. The van der Waals surface area contributed by atoms with Crippen LogP contribution in [0.4, 0.5) is 0 Å². The van der Waals surface area contributed by atoms with E-state index in [1.165, 1.54) is 4.90 Å². The van der Waals surface area contributed by atoms with Gasteiger partial charge >= 0.3 is 0 Å². The number of carbonyl (C=O) groups is 1. The summed E-state index contributed by atoms with van der Waals surface area (Å²) in [6.07, 6.45) is 1.04. The Morgan fingerprint density at radius 1 is 1.40 bits per heavy atom. The highest BCUT2D eigenvalue weighted by Gasteiger charge is 2.33. The third kappa shape index (κ3) is 3.11. The molecule has 0 radical (unpaired) electrons. The van der Waals surface area contributed by atoms with Gasteiger partial charge < -0.3 is 19.8 Å². The number of carbonyl (C=O) groups excluding carboxylic acids is 1. The quantitative estimate of drug-likeness (QED) is 0.875. The molecule has 0 aromatic heterocycles. The molecule has 2 N–H and O–H groups in total. The van der Waals surface area contributed by atoms with E-state index in [0.29, 0.717) is 31.6 Å². The third-order valence-electron chi connectivity index (χ3n) is 3.77. The molecular weight excluding hydrogens is 258 g/mol. The molecule has 1 aromatic rings. The first kappa shape index (κ1) is 14.8. The van der Waals surface area contributed by atoms with E-state index < -0.39 is 5.60 Å². The summed E-state index contributed by atoms with van der Waals surface area (Å²) in [4.78, 5) is 13.8. The van der Waals surface area contributed by atoms with Crippen molar-refractivity contribution in [3.8, 4) is 5.75 Å². The number of hydrogen-bond acceptors (Lipinski definition) is 4. The molecule has 1 saturated heterocycles. The number of para-hydroxylation sites is 1. The van der Waals surface area contributed by atoms with Gasteiger partial charge in [-0.2, -0.15) is 0 Å². The van der Waals surface area contributed by atoms with E-state index in [2.05, 4.69) is 0 Å². The largest absolute Gasteiger partial charge is 0.507 e. The highest BCUT2D eigenvalue weighted by Crippen LogP contribution is 2.25. The molecule has 1 heterocycles. The summed E-state index contributed by atoms with van der Waals surface area (Å²) in [5.74, 6) is -0.283. The van der Waals surface area contributed by atoms with Gasteiger partial charge in [0.1, 0.15) is 5.75 Å². The van der Waals surface area contributed by atoms with E-state index in [1.54, 1.807) is 32.2 Å². The molecule has 1 amide bonds. The highest BCUT2D eigenvalue weighted by molar-refractivity contribution is 5.97. The van der Waals surface area contributed by atoms with Crippen molar-refractivity contribution in [3.05, 3.63) is 29.3 Å². The Morgan fingerprint density at radius 3 is 2.70 bits per heavy atom. The Labute approximate surface area is 118 Å². The zero-order chi connectivity index (χ0) is 14.8. The highest BCUT2D eigenvalue weighted by atomic mass is 16.5. The van der Waals surface area contributed by atoms with Crippen LogP contribution in [0.3, 0.4) is 0 Å². The summed E-state index contributed by atoms with van der Waals surface area (Å²) in [6, 6.07) is 5.08. The van der Waals surface area contributed by atoms with Crippen molar-refractivity contribution in [3.63, 3.8) is 0 Å². The molecule has 1 aliphatic heterocycles. The van der Waals surface area contributed by atoms with Crippen LogP contribution < -0.4 is 0 Å². The second-order valence-electron chi connectivity index (χ2n) is 5.47. The molecule has 2 rings (SSSR count). The molecule has 0 aliphatic carbocycles. The topological polar surface area (TPSA) is 70.0 Å². The lowest BCUT2D eigenvalue weighted by Gasteiger charge is -2.35. The monoisotopic (exact) mass is 279 g/mol. The lowest BCUT2D eigenvalue weighted by Crippen LogP contribution is -2.47. The van der Waals surface area contributed by atoms with Gasteiger partial charge in [-0.05, 0) is 18.6 Å². The summed E-state index contributed by atoms with van der Waals surface area (Å²) >= 11 is 0. The lowest BCUT2D eigenvalue weighted by molar-refractivity contribution is -0.0734. The first-order chi connectivity index (χ1) is 9.43. The number of likely N-dealkylation sites (N-methyl/N-ethyl adjacent to an activating group) is 1. The van der Waals surface area contributed by atoms with Gasteiger partial charge in [-0.15, -0.1) is 0 Å². The van der Waals surface area contributed by atoms with Gasteiger partial charge in [-0.1, -0.05) is 12.1 Å². The molecule has 20 heavy (non-hydrogen) atoms. The van der Waals surface area contributed by atoms with Crippen LogP contribution in [0, 0.1) is 6.92 Å². The minimum atomic E-state index is -0.901. The van der Waals surface area contributed by atoms with Crippen molar-refractivity contribution >= 4 is 5.91 Å². The fourth-order valence-corrected chi connectivity index (χ4v) is 2.46. The fraction of sp³-hybridized carbons (Fsp3) is 0.533. The Kier molecular flexibility index (Phi) is 4.30. The van der Waals surface area contributed by atoms with Crippen molar-refractivity contribution in [2.45, 2.75) is 25.4 Å². The van der Waals surface area contributed by atoms with Crippen LogP contribution in [-0.4, -0.2) is 53.4 Å². The maximum absolute atomic E-state index is 12.4. The summed E-state index contributed by atoms with van der Waals surface area (Å²) in [5.41, 5.74) is 0.0273. The number of aryl methyl sites for hydroxylation is 1. The summed E-state index contributed by atoms with van der Waals surface area (Å²) in [7, 11) is 1.64. The Hall–Kier alpha value is -1.59. The van der Waals surface area contributed by atoms with E-state index in [1.807, 2.05) is 0 Å². The zero-order valence-corrected chi connectivity index (χ0v) is 11.9. The number of aliphatic hydroxyl groups is 1. The van der Waals surface area contributed by atoms with E-state index >= 15 is 0 Å². The predicted octanol–water partition coefficient (Wildman–Crippen LogP) is 1.31. The molecule has 110 valence electrons. The average molecular weight is 279 g/mol. The van der Waals surface area contributed by atoms with Crippen molar-refractivity contribution in [1.29, 1.82) is 0 Å². The average Bonchev–Trinajstić information content (AvgIpc) is 2.41. The minimum Gasteiger partial charge on any atom is -0.507 e. The van der Waals surface area contributed by atoms with Crippen LogP contribution in [0.15, 0.2) is 18.2 Å². The molecule has 0 saturated carbocycles. The molecule has 1 aliphatic rings. The molecular formula is C15H21NO4. The van der Waals surface area contributed by atoms with E-state index in [0.717, 1.165) is 0 Å². The molecule has 0 bridgehead atoms. The molecule has 1 fully saturated rings. The second kappa shape index (κ2) is 5.81. The maximum atomic E-state index is 12.4. The maximum Gasteiger partial charge on any atom is 0.257 e. The van der Waals surface area contributed by atoms with Crippen molar-refractivity contribution in [2.24, 2.45) is 0 Å². The molecule has 0 spiro atoms. The number of nitrogens with zero attached hydrogens (tertiary/aromatic N) is 1. The second-order valence-corrected chi connectivity index (χ2v) is 5.47. The van der Waals surface area contributed by atoms with E-state index in [4.69, 9.17) is 4.74 Å². The first-order valence-corrected chi connectivity index (χ1v) is 6.77. The Bertz CT molecular complexity index is 495. The minimum absolute atomic E-state index is 0.00307. The number of phenols is 1. The number of rotatable bonds is 3. The summed E-state index contributed by atoms with van der Waals surface area (Å²) in [6.45, 7) is 3.00. The van der Waals surface area contributed by atoms with Crippen molar-refractivity contribution in [1.82, 2.24) is 4.90 Å². The van der Waals surface area contributed by atoms with Gasteiger partial charge in [0.25, 0.3) is 5.91 Å². The van der Waals surface area contributed by atoms with Crippen LogP contribution >= 0.6 is 0 Å². The van der Waals surface area contributed by atoms with Gasteiger partial charge in [-0.3, -0.25) is 4.79 Å². The Morgan fingerprint density at radius 2 is 2.05 bits per heavy atom. The number of phenolic OH excluding ortho intramolecular Hbond substituents is 1. The lowest BCUT2D eigenvalue weighted by atomic mass is 9.93.